The van der Waals surface area contributed by atoms with Gasteiger partial charge in [0.2, 0.25) is 0 Å². The standard InChI is InChI=1S/C16H22ClN5O/c1-13(23-15-5-3-14(17)4-6-15)11-21-16(18-2)20-8-10-22-9-7-19-12-22/h3-7,9,12-13H,8,10-11H2,1-2H3,(H2,18,20,21). The molecule has 1 heterocycles. The Bertz CT molecular complexity index is 597. The van der Waals surface area contributed by atoms with Crippen LogP contribution in [0, 0.1) is 0 Å². The number of rotatable bonds is 7. The summed E-state index contributed by atoms with van der Waals surface area (Å²) in [5.41, 5.74) is 0. The van der Waals surface area contributed by atoms with Crippen LogP contribution in [0.5, 0.6) is 5.75 Å². The van der Waals surface area contributed by atoms with E-state index < -0.39 is 0 Å². The normalized spacial score (nSPS) is 12.7. The number of nitrogens with one attached hydrogen (secondary N) is 2. The molecule has 1 aromatic carbocycles. The molecule has 0 amide bonds. The number of imidazole rings is 1. The fourth-order valence-electron chi connectivity index (χ4n) is 1.97. The van der Waals surface area contributed by atoms with Crippen LogP contribution in [0.3, 0.4) is 0 Å². The van der Waals surface area contributed by atoms with Gasteiger partial charge in [-0.05, 0) is 31.2 Å². The van der Waals surface area contributed by atoms with E-state index in [1.165, 1.54) is 0 Å². The lowest BCUT2D eigenvalue weighted by molar-refractivity contribution is 0.224. The quantitative estimate of drug-likeness (QED) is 0.601. The van der Waals surface area contributed by atoms with Crippen molar-refractivity contribution >= 4 is 17.6 Å². The number of hydrogen-bond donors (Lipinski definition) is 2. The summed E-state index contributed by atoms with van der Waals surface area (Å²) < 4.78 is 7.82. The van der Waals surface area contributed by atoms with Gasteiger partial charge < -0.3 is 19.9 Å². The molecule has 6 nitrogen and oxygen atoms in total. The van der Waals surface area contributed by atoms with Crippen molar-refractivity contribution in [1.29, 1.82) is 0 Å². The van der Waals surface area contributed by atoms with Crippen molar-refractivity contribution in [2.24, 2.45) is 4.99 Å². The van der Waals surface area contributed by atoms with Crippen LogP contribution in [0.2, 0.25) is 5.02 Å². The van der Waals surface area contributed by atoms with Gasteiger partial charge >= 0.3 is 0 Å². The number of hydrogen-bond acceptors (Lipinski definition) is 3. The van der Waals surface area contributed by atoms with E-state index in [9.17, 15) is 0 Å². The van der Waals surface area contributed by atoms with Crippen LogP contribution < -0.4 is 15.4 Å². The van der Waals surface area contributed by atoms with Gasteiger partial charge in [-0.1, -0.05) is 11.6 Å². The molecule has 1 atom stereocenters. The lowest BCUT2D eigenvalue weighted by Crippen LogP contribution is -2.42. The predicted molar refractivity (Wildman–Crippen MR) is 93.1 cm³/mol. The van der Waals surface area contributed by atoms with E-state index in [0.717, 1.165) is 24.8 Å². The van der Waals surface area contributed by atoms with Crippen molar-refractivity contribution in [2.75, 3.05) is 20.1 Å². The van der Waals surface area contributed by atoms with Gasteiger partial charge in [0, 0.05) is 37.6 Å². The highest BCUT2D eigenvalue weighted by molar-refractivity contribution is 6.30. The van der Waals surface area contributed by atoms with Crippen LogP contribution in [0.25, 0.3) is 0 Å². The van der Waals surface area contributed by atoms with Crippen molar-refractivity contribution in [2.45, 2.75) is 19.6 Å². The second-order valence-corrected chi connectivity index (χ2v) is 5.50. The number of halogens is 1. The Morgan fingerprint density at radius 2 is 2.13 bits per heavy atom. The van der Waals surface area contributed by atoms with E-state index in [1.807, 2.05) is 42.0 Å². The molecule has 0 bridgehead atoms. The Labute approximate surface area is 141 Å². The summed E-state index contributed by atoms with van der Waals surface area (Å²) in [6.45, 7) is 4.24. The van der Waals surface area contributed by atoms with Crippen molar-refractivity contribution in [1.82, 2.24) is 20.2 Å². The summed E-state index contributed by atoms with van der Waals surface area (Å²) in [7, 11) is 1.75. The van der Waals surface area contributed by atoms with Gasteiger partial charge in [-0.2, -0.15) is 0 Å². The molecule has 0 aliphatic heterocycles. The zero-order valence-electron chi connectivity index (χ0n) is 13.4. The highest BCUT2D eigenvalue weighted by Crippen LogP contribution is 2.16. The van der Waals surface area contributed by atoms with Crippen LogP contribution in [0.1, 0.15) is 6.92 Å². The molecule has 124 valence electrons. The topological polar surface area (TPSA) is 63.5 Å². The van der Waals surface area contributed by atoms with Crippen LogP contribution in [0.15, 0.2) is 48.0 Å². The number of nitrogens with zero attached hydrogens (tertiary/aromatic N) is 3. The minimum absolute atomic E-state index is 0.00312. The van der Waals surface area contributed by atoms with E-state index >= 15 is 0 Å². The number of aromatic nitrogens is 2. The van der Waals surface area contributed by atoms with E-state index in [4.69, 9.17) is 16.3 Å². The Morgan fingerprint density at radius 3 is 2.78 bits per heavy atom. The van der Waals surface area contributed by atoms with E-state index in [2.05, 4.69) is 20.6 Å². The zero-order valence-corrected chi connectivity index (χ0v) is 14.1. The second kappa shape index (κ2) is 9.05. The van der Waals surface area contributed by atoms with E-state index in [1.54, 1.807) is 19.6 Å². The lowest BCUT2D eigenvalue weighted by Gasteiger charge is -2.18. The first-order valence-electron chi connectivity index (χ1n) is 7.50. The summed E-state index contributed by atoms with van der Waals surface area (Å²) in [5, 5.41) is 7.20. The van der Waals surface area contributed by atoms with E-state index in [0.29, 0.717) is 11.6 Å². The number of ether oxygens (including phenoxy) is 1. The fraction of sp³-hybridized carbons (Fsp3) is 0.375. The van der Waals surface area contributed by atoms with Gasteiger partial charge in [-0.25, -0.2) is 4.98 Å². The highest BCUT2D eigenvalue weighted by atomic mass is 35.5. The average Bonchev–Trinajstić information content (AvgIpc) is 3.06. The number of benzene rings is 1. The summed E-state index contributed by atoms with van der Waals surface area (Å²) in [4.78, 5) is 8.20. The van der Waals surface area contributed by atoms with Crippen molar-refractivity contribution in [3.05, 3.63) is 48.0 Å². The zero-order chi connectivity index (χ0) is 16.5. The van der Waals surface area contributed by atoms with Gasteiger partial charge in [0.05, 0.1) is 12.9 Å². The van der Waals surface area contributed by atoms with Crippen molar-refractivity contribution < 1.29 is 4.74 Å². The third-order valence-electron chi connectivity index (χ3n) is 3.15. The van der Waals surface area contributed by atoms with Gasteiger partial charge in [-0.15, -0.1) is 0 Å². The molecule has 7 heteroatoms. The molecule has 0 fully saturated rings. The first kappa shape index (κ1) is 17.1. The molecule has 0 saturated heterocycles. The highest BCUT2D eigenvalue weighted by Gasteiger charge is 2.05. The molecule has 2 aromatic rings. The first-order chi connectivity index (χ1) is 11.2. The lowest BCUT2D eigenvalue weighted by atomic mass is 10.3. The Balaban J connectivity index is 1.68. The van der Waals surface area contributed by atoms with Gasteiger partial charge in [0.25, 0.3) is 0 Å². The predicted octanol–water partition coefficient (Wildman–Crippen LogP) is 2.17. The van der Waals surface area contributed by atoms with Gasteiger partial charge in [0.1, 0.15) is 11.9 Å². The summed E-state index contributed by atoms with van der Waals surface area (Å²) in [5.74, 6) is 1.54. The first-order valence-corrected chi connectivity index (χ1v) is 7.87. The molecular formula is C16H22ClN5O. The van der Waals surface area contributed by atoms with Crippen molar-refractivity contribution in [3.8, 4) is 5.75 Å². The molecular weight excluding hydrogens is 314 g/mol. The fourth-order valence-corrected chi connectivity index (χ4v) is 2.10. The second-order valence-electron chi connectivity index (χ2n) is 5.06. The number of aliphatic imine (C=N–C) groups is 1. The van der Waals surface area contributed by atoms with Crippen LogP contribution in [-0.2, 0) is 6.54 Å². The molecule has 0 radical (unpaired) electrons. The average molecular weight is 336 g/mol. The Morgan fingerprint density at radius 1 is 1.35 bits per heavy atom. The SMILES string of the molecule is CN=C(NCCn1ccnc1)NCC(C)Oc1ccc(Cl)cc1. The number of guanidine groups is 1. The maximum atomic E-state index is 5.86. The molecule has 0 aliphatic rings. The van der Waals surface area contributed by atoms with E-state index in [-0.39, 0.29) is 6.10 Å². The Hall–Kier alpha value is -2.21. The molecule has 2 N–H and O–H groups in total. The van der Waals surface area contributed by atoms with Gasteiger partial charge in [-0.3, -0.25) is 4.99 Å². The minimum atomic E-state index is 0.00312. The molecule has 2 rings (SSSR count). The van der Waals surface area contributed by atoms with Crippen LogP contribution in [0.4, 0.5) is 0 Å². The summed E-state index contributed by atoms with van der Waals surface area (Å²) in [6, 6.07) is 7.34. The van der Waals surface area contributed by atoms with Crippen molar-refractivity contribution in [3.63, 3.8) is 0 Å². The third kappa shape index (κ3) is 6.20. The maximum Gasteiger partial charge on any atom is 0.191 e. The molecule has 1 unspecified atom stereocenters. The molecule has 23 heavy (non-hydrogen) atoms. The minimum Gasteiger partial charge on any atom is -0.489 e. The smallest absolute Gasteiger partial charge is 0.191 e. The third-order valence-corrected chi connectivity index (χ3v) is 3.41. The molecule has 0 spiro atoms. The molecule has 0 saturated carbocycles. The Kier molecular flexibility index (Phi) is 6.75. The van der Waals surface area contributed by atoms with Gasteiger partial charge in [0.15, 0.2) is 5.96 Å². The van der Waals surface area contributed by atoms with Crippen LogP contribution >= 0.6 is 11.6 Å². The summed E-state index contributed by atoms with van der Waals surface area (Å²) >= 11 is 5.86. The molecule has 0 aliphatic carbocycles. The monoisotopic (exact) mass is 335 g/mol. The molecule has 1 aromatic heterocycles. The van der Waals surface area contributed by atoms with Crippen LogP contribution in [-0.4, -0.2) is 41.8 Å². The largest absolute Gasteiger partial charge is 0.489 e. The summed E-state index contributed by atoms with van der Waals surface area (Å²) in [6.07, 6.45) is 5.49. The maximum absolute atomic E-state index is 5.86.